The first-order chi connectivity index (χ1) is 13.0. The molecule has 0 aliphatic carbocycles. The van der Waals surface area contributed by atoms with Crippen LogP contribution in [0.15, 0.2) is 42.7 Å². The summed E-state index contributed by atoms with van der Waals surface area (Å²) in [6, 6.07) is 8.66. The van der Waals surface area contributed by atoms with Gasteiger partial charge in [0.2, 0.25) is 5.91 Å². The summed E-state index contributed by atoms with van der Waals surface area (Å²) in [5.41, 5.74) is 2.41. The van der Waals surface area contributed by atoms with Crippen molar-refractivity contribution in [2.24, 2.45) is 0 Å². The molecule has 3 aromatic rings. The molecule has 27 heavy (non-hydrogen) atoms. The van der Waals surface area contributed by atoms with E-state index in [9.17, 15) is 9.18 Å². The standard InChI is InChI=1S/C21H23FN4O/c1-14(2)26-19-12-23-9-7-18(19)24-21(26)16-8-10-25(13-16)20(27)11-15-5-3-4-6-17(15)22/h3-7,9,12,14,16H,8,10-11,13H2,1-2H3. The second-order valence-corrected chi connectivity index (χ2v) is 7.39. The smallest absolute Gasteiger partial charge is 0.227 e. The molecule has 1 saturated heterocycles. The predicted octanol–water partition coefficient (Wildman–Crippen LogP) is 3.71. The van der Waals surface area contributed by atoms with Crippen LogP contribution in [0, 0.1) is 5.82 Å². The molecule has 140 valence electrons. The quantitative estimate of drug-likeness (QED) is 0.707. The summed E-state index contributed by atoms with van der Waals surface area (Å²) in [6.07, 6.45) is 4.57. The van der Waals surface area contributed by atoms with E-state index in [-0.39, 0.29) is 30.1 Å². The molecule has 0 N–H and O–H groups in total. The lowest BCUT2D eigenvalue weighted by molar-refractivity contribution is -0.129. The van der Waals surface area contributed by atoms with E-state index >= 15 is 0 Å². The predicted molar refractivity (Wildman–Crippen MR) is 102 cm³/mol. The minimum Gasteiger partial charge on any atom is -0.342 e. The molecule has 0 spiro atoms. The third-order valence-electron chi connectivity index (χ3n) is 5.24. The Kier molecular flexibility index (Phi) is 4.64. The van der Waals surface area contributed by atoms with Crippen molar-refractivity contribution in [1.82, 2.24) is 19.4 Å². The molecular weight excluding hydrogens is 343 g/mol. The number of hydrogen-bond donors (Lipinski definition) is 0. The molecular formula is C21H23FN4O. The number of aromatic nitrogens is 3. The third-order valence-corrected chi connectivity index (χ3v) is 5.24. The van der Waals surface area contributed by atoms with Gasteiger partial charge in [0.25, 0.3) is 0 Å². The van der Waals surface area contributed by atoms with Crippen LogP contribution in [0.3, 0.4) is 0 Å². The first-order valence-corrected chi connectivity index (χ1v) is 9.37. The fraction of sp³-hybridized carbons (Fsp3) is 0.381. The lowest BCUT2D eigenvalue weighted by Gasteiger charge is -2.19. The second kappa shape index (κ2) is 7.10. The maximum absolute atomic E-state index is 13.8. The van der Waals surface area contributed by atoms with E-state index in [0.29, 0.717) is 18.7 Å². The number of halogens is 1. The maximum Gasteiger partial charge on any atom is 0.227 e. The van der Waals surface area contributed by atoms with Crippen molar-refractivity contribution in [3.63, 3.8) is 0 Å². The summed E-state index contributed by atoms with van der Waals surface area (Å²) in [5.74, 6) is 0.839. The van der Waals surface area contributed by atoms with Gasteiger partial charge in [-0.3, -0.25) is 9.78 Å². The molecule has 1 amide bonds. The van der Waals surface area contributed by atoms with Crippen LogP contribution in [0.2, 0.25) is 0 Å². The normalized spacial score (nSPS) is 17.2. The number of fused-ring (bicyclic) bond motifs is 1. The molecule has 0 saturated carbocycles. The van der Waals surface area contributed by atoms with Crippen LogP contribution < -0.4 is 0 Å². The maximum atomic E-state index is 13.8. The summed E-state index contributed by atoms with van der Waals surface area (Å²) in [5, 5.41) is 0. The molecule has 1 aromatic carbocycles. The van der Waals surface area contributed by atoms with Crippen molar-refractivity contribution < 1.29 is 9.18 Å². The van der Waals surface area contributed by atoms with E-state index in [2.05, 4.69) is 23.4 Å². The van der Waals surface area contributed by atoms with Crippen molar-refractivity contribution in [2.75, 3.05) is 13.1 Å². The monoisotopic (exact) mass is 366 g/mol. The number of amides is 1. The number of carbonyl (C=O) groups excluding carboxylic acids is 1. The number of benzene rings is 1. The summed E-state index contributed by atoms with van der Waals surface area (Å²) >= 11 is 0. The highest BCUT2D eigenvalue weighted by atomic mass is 19.1. The first kappa shape index (κ1) is 17.6. The minimum absolute atomic E-state index is 0.0310. The SMILES string of the molecule is CC(C)n1c(C2CCN(C(=O)Cc3ccccc3F)C2)nc2ccncc21. The molecule has 1 atom stereocenters. The Balaban J connectivity index is 1.55. The van der Waals surface area contributed by atoms with Crippen molar-refractivity contribution in [1.29, 1.82) is 0 Å². The van der Waals surface area contributed by atoms with Crippen molar-refractivity contribution in [3.05, 3.63) is 59.9 Å². The highest BCUT2D eigenvalue weighted by molar-refractivity contribution is 5.79. The summed E-state index contributed by atoms with van der Waals surface area (Å²) in [6.45, 7) is 5.57. The topological polar surface area (TPSA) is 51.0 Å². The average Bonchev–Trinajstić information content (AvgIpc) is 3.28. The van der Waals surface area contributed by atoms with Crippen molar-refractivity contribution in [3.8, 4) is 0 Å². The van der Waals surface area contributed by atoms with Crippen molar-refractivity contribution in [2.45, 2.75) is 38.6 Å². The van der Waals surface area contributed by atoms with Crippen LogP contribution in [0.25, 0.3) is 11.0 Å². The number of rotatable bonds is 4. The van der Waals surface area contributed by atoms with Crippen LogP contribution in [-0.2, 0) is 11.2 Å². The zero-order valence-electron chi connectivity index (χ0n) is 15.6. The molecule has 0 radical (unpaired) electrons. The van der Waals surface area contributed by atoms with Crippen LogP contribution in [0.5, 0.6) is 0 Å². The van der Waals surface area contributed by atoms with Gasteiger partial charge in [-0.25, -0.2) is 9.37 Å². The number of pyridine rings is 1. The largest absolute Gasteiger partial charge is 0.342 e. The molecule has 1 unspecified atom stereocenters. The van der Waals surface area contributed by atoms with Crippen LogP contribution in [0.1, 0.15) is 43.6 Å². The van der Waals surface area contributed by atoms with Gasteiger partial charge in [0, 0.05) is 31.2 Å². The van der Waals surface area contributed by atoms with Gasteiger partial charge in [-0.2, -0.15) is 0 Å². The van der Waals surface area contributed by atoms with Gasteiger partial charge in [0.15, 0.2) is 0 Å². The average molecular weight is 366 g/mol. The number of carbonyl (C=O) groups is 1. The minimum atomic E-state index is -0.323. The van der Waals surface area contributed by atoms with E-state index in [1.54, 1.807) is 24.4 Å². The fourth-order valence-electron chi connectivity index (χ4n) is 3.90. The zero-order chi connectivity index (χ0) is 19.0. The molecule has 4 rings (SSSR count). The summed E-state index contributed by atoms with van der Waals surface area (Å²) in [7, 11) is 0. The molecule has 2 aromatic heterocycles. The van der Waals surface area contributed by atoms with Gasteiger partial charge in [0.1, 0.15) is 11.6 Å². The Labute approximate surface area is 157 Å². The number of hydrogen-bond acceptors (Lipinski definition) is 3. The molecule has 1 aliphatic rings. The highest BCUT2D eigenvalue weighted by Gasteiger charge is 2.31. The van der Waals surface area contributed by atoms with E-state index in [0.717, 1.165) is 23.3 Å². The van der Waals surface area contributed by atoms with E-state index in [1.807, 2.05) is 17.2 Å². The van der Waals surface area contributed by atoms with Gasteiger partial charge in [-0.1, -0.05) is 18.2 Å². The van der Waals surface area contributed by atoms with Gasteiger partial charge >= 0.3 is 0 Å². The van der Waals surface area contributed by atoms with Gasteiger partial charge in [-0.15, -0.1) is 0 Å². The Morgan fingerprint density at radius 3 is 2.89 bits per heavy atom. The molecule has 1 fully saturated rings. The molecule has 3 heterocycles. The first-order valence-electron chi connectivity index (χ1n) is 9.37. The molecule has 0 bridgehead atoms. The van der Waals surface area contributed by atoms with Crippen molar-refractivity contribution >= 4 is 16.9 Å². The summed E-state index contributed by atoms with van der Waals surface area (Å²) < 4.78 is 16.1. The molecule has 6 heteroatoms. The lowest BCUT2D eigenvalue weighted by atomic mass is 10.1. The van der Waals surface area contributed by atoms with Gasteiger partial charge in [0.05, 0.1) is 23.7 Å². The zero-order valence-corrected chi connectivity index (χ0v) is 15.6. The molecule has 5 nitrogen and oxygen atoms in total. The van der Waals surface area contributed by atoms with Crippen LogP contribution in [-0.4, -0.2) is 38.4 Å². The van der Waals surface area contributed by atoms with E-state index in [1.165, 1.54) is 6.07 Å². The van der Waals surface area contributed by atoms with Gasteiger partial charge < -0.3 is 9.47 Å². The lowest BCUT2D eigenvalue weighted by Crippen LogP contribution is -2.30. The number of imidazole rings is 1. The van der Waals surface area contributed by atoms with Gasteiger partial charge in [-0.05, 0) is 38.0 Å². The Bertz CT molecular complexity index is 981. The van der Waals surface area contributed by atoms with E-state index < -0.39 is 0 Å². The number of likely N-dealkylation sites (tertiary alicyclic amines) is 1. The Morgan fingerprint density at radius 2 is 2.11 bits per heavy atom. The summed E-state index contributed by atoms with van der Waals surface area (Å²) in [4.78, 5) is 23.6. The van der Waals surface area contributed by atoms with Crippen LogP contribution in [0.4, 0.5) is 4.39 Å². The number of nitrogens with zero attached hydrogens (tertiary/aromatic N) is 4. The Hall–Kier alpha value is -2.76. The fourth-order valence-corrected chi connectivity index (χ4v) is 3.90. The Morgan fingerprint density at radius 1 is 1.30 bits per heavy atom. The highest BCUT2D eigenvalue weighted by Crippen LogP contribution is 2.31. The van der Waals surface area contributed by atoms with E-state index in [4.69, 9.17) is 4.98 Å². The second-order valence-electron chi connectivity index (χ2n) is 7.39. The third kappa shape index (κ3) is 3.31. The molecule has 1 aliphatic heterocycles. The van der Waals surface area contributed by atoms with Crippen LogP contribution >= 0.6 is 0 Å².